The molecular weight excluding hydrogens is 310 g/mol. The van der Waals surface area contributed by atoms with Gasteiger partial charge in [-0.05, 0) is 25.6 Å². The molecule has 0 saturated carbocycles. The van der Waals surface area contributed by atoms with Crippen LogP contribution >= 0.6 is 0 Å². The Hall–Kier alpha value is -2.48. The molecule has 0 amide bonds. The lowest BCUT2D eigenvalue weighted by atomic mass is 10.1. The molecular formula is C16H21N5O3. The molecule has 0 atom stereocenters. The number of piperazine rings is 1. The van der Waals surface area contributed by atoms with Gasteiger partial charge in [0.1, 0.15) is 5.69 Å². The zero-order valence-electron chi connectivity index (χ0n) is 13.9. The molecule has 8 nitrogen and oxygen atoms in total. The van der Waals surface area contributed by atoms with E-state index in [-0.39, 0.29) is 10.6 Å². The van der Waals surface area contributed by atoms with Crippen LogP contribution in [0, 0.1) is 10.1 Å². The quantitative estimate of drug-likeness (QED) is 0.613. The smallest absolute Gasteiger partial charge is 0.293 e. The lowest BCUT2D eigenvalue weighted by Crippen LogP contribution is -2.44. The first-order valence-corrected chi connectivity index (χ1v) is 8.13. The van der Waals surface area contributed by atoms with Crippen molar-refractivity contribution in [3.05, 3.63) is 34.1 Å². The lowest BCUT2D eigenvalue weighted by Gasteiger charge is -2.33. The molecule has 1 aromatic carbocycles. The van der Waals surface area contributed by atoms with Crippen molar-refractivity contribution < 1.29 is 9.45 Å². The topological polar surface area (TPSA) is 88.5 Å². The summed E-state index contributed by atoms with van der Waals surface area (Å²) in [6.07, 6.45) is 1.65. The van der Waals surface area contributed by atoms with E-state index in [9.17, 15) is 10.1 Å². The van der Waals surface area contributed by atoms with E-state index < -0.39 is 0 Å². The molecule has 0 N–H and O–H groups in total. The highest BCUT2D eigenvalue weighted by atomic mass is 16.6. The summed E-state index contributed by atoms with van der Waals surface area (Å²) in [6.45, 7) is 5.37. The number of aryl methyl sites for hydroxylation is 1. The van der Waals surface area contributed by atoms with Crippen LogP contribution in [-0.2, 0) is 6.42 Å². The normalized spacial score (nSPS) is 15.7. The van der Waals surface area contributed by atoms with Crippen LogP contribution in [0.4, 0.5) is 11.4 Å². The van der Waals surface area contributed by atoms with E-state index in [0.717, 1.165) is 39.0 Å². The number of hydrogen-bond acceptors (Lipinski definition) is 7. The Morgan fingerprint density at radius 2 is 2.04 bits per heavy atom. The van der Waals surface area contributed by atoms with E-state index in [4.69, 9.17) is 4.52 Å². The second kappa shape index (κ2) is 6.96. The Kier molecular flexibility index (Phi) is 4.75. The second-order valence-electron chi connectivity index (χ2n) is 6.02. The molecule has 1 aliphatic rings. The first-order chi connectivity index (χ1) is 11.6. The first kappa shape index (κ1) is 16.4. The third-order valence-electron chi connectivity index (χ3n) is 4.20. The minimum Gasteiger partial charge on any atom is -0.363 e. The molecule has 24 heavy (non-hydrogen) atoms. The molecule has 0 radical (unpaired) electrons. The maximum atomic E-state index is 11.5. The summed E-state index contributed by atoms with van der Waals surface area (Å²) in [4.78, 5) is 19.7. The molecule has 0 spiro atoms. The molecule has 0 unspecified atom stereocenters. The number of rotatable bonds is 5. The summed E-state index contributed by atoms with van der Waals surface area (Å²) < 4.78 is 5.23. The van der Waals surface area contributed by atoms with Gasteiger partial charge in [0.15, 0.2) is 5.82 Å². The van der Waals surface area contributed by atoms with Crippen LogP contribution in [-0.4, -0.2) is 53.2 Å². The average molecular weight is 331 g/mol. The number of hydrogen-bond donors (Lipinski definition) is 0. The van der Waals surface area contributed by atoms with Crippen molar-refractivity contribution in [2.24, 2.45) is 0 Å². The van der Waals surface area contributed by atoms with Crippen molar-refractivity contribution in [2.75, 3.05) is 38.1 Å². The molecule has 8 heteroatoms. The van der Waals surface area contributed by atoms with Crippen LogP contribution in [0.15, 0.2) is 22.7 Å². The van der Waals surface area contributed by atoms with Crippen LogP contribution in [0.1, 0.15) is 19.2 Å². The minimum absolute atomic E-state index is 0.0762. The largest absolute Gasteiger partial charge is 0.363 e. The van der Waals surface area contributed by atoms with E-state index in [1.165, 1.54) is 6.07 Å². The van der Waals surface area contributed by atoms with Crippen LogP contribution in [0.2, 0.25) is 0 Å². The number of anilines is 1. The van der Waals surface area contributed by atoms with Gasteiger partial charge in [-0.2, -0.15) is 4.98 Å². The fourth-order valence-corrected chi connectivity index (χ4v) is 2.81. The maximum absolute atomic E-state index is 11.5. The number of nitro groups is 1. The van der Waals surface area contributed by atoms with E-state index >= 15 is 0 Å². The van der Waals surface area contributed by atoms with Crippen molar-refractivity contribution in [3.8, 4) is 11.5 Å². The van der Waals surface area contributed by atoms with Gasteiger partial charge in [-0.1, -0.05) is 12.1 Å². The zero-order chi connectivity index (χ0) is 17.1. The van der Waals surface area contributed by atoms with Crippen molar-refractivity contribution in [2.45, 2.75) is 19.8 Å². The summed E-state index contributed by atoms with van der Waals surface area (Å²) in [5.74, 6) is 0.949. The molecule has 2 aromatic rings. The number of nitro benzene ring substituents is 1. The van der Waals surface area contributed by atoms with Gasteiger partial charge < -0.3 is 14.3 Å². The monoisotopic (exact) mass is 331 g/mol. The van der Waals surface area contributed by atoms with Gasteiger partial charge in [-0.3, -0.25) is 10.1 Å². The predicted molar refractivity (Wildman–Crippen MR) is 90.1 cm³/mol. The molecule has 2 heterocycles. The number of nitrogens with zero attached hydrogens (tertiary/aromatic N) is 5. The fourth-order valence-electron chi connectivity index (χ4n) is 2.81. The third kappa shape index (κ3) is 3.38. The van der Waals surface area contributed by atoms with E-state index in [2.05, 4.69) is 27.0 Å². The van der Waals surface area contributed by atoms with E-state index in [1.54, 1.807) is 6.07 Å². The summed E-state index contributed by atoms with van der Waals surface area (Å²) in [6, 6.07) is 5.11. The summed E-state index contributed by atoms with van der Waals surface area (Å²) in [5, 5.41) is 15.4. The minimum atomic E-state index is -0.347. The Morgan fingerprint density at radius 3 is 2.71 bits per heavy atom. The van der Waals surface area contributed by atoms with Gasteiger partial charge in [0.05, 0.1) is 4.92 Å². The van der Waals surface area contributed by atoms with Crippen molar-refractivity contribution >= 4 is 11.4 Å². The van der Waals surface area contributed by atoms with Crippen LogP contribution in [0.25, 0.3) is 11.5 Å². The van der Waals surface area contributed by atoms with Gasteiger partial charge >= 0.3 is 0 Å². The SMILES string of the molecule is CCCc1noc(-c2ccc(N3CCN(C)CC3)c([N+](=O)[O-])c2)n1. The lowest BCUT2D eigenvalue weighted by molar-refractivity contribution is -0.384. The molecule has 1 aromatic heterocycles. The number of aromatic nitrogens is 2. The Bertz CT molecular complexity index is 722. The number of likely N-dealkylation sites (N-methyl/N-ethyl adjacent to an activating group) is 1. The molecule has 1 fully saturated rings. The average Bonchev–Trinajstić information content (AvgIpc) is 3.04. The van der Waals surface area contributed by atoms with Crippen molar-refractivity contribution in [1.82, 2.24) is 15.0 Å². The van der Waals surface area contributed by atoms with Gasteiger partial charge in [-0.15, -0.1) is 0 Å². The standard InChI is InChI=1S/C16H21N5O3/c1-3-4-15-17-16(24-18-15)12-5-6-13(14(11-12)21(22)23)20-9-7-19(2)8-10-20/h5-6,11H,3-4,7-10H2,1-2H3. The van der Waals surface area contributed by atoms with E-state index in [0.29, 0.717) is 23.0 Å². The molecule has 1 saturated heterocycles. The van der Waals surface area contributed by atoms with E-state index in [1.807, 2.05) is 13.0 Å². The summed E-state index contributed by atoms with van der Waals surface area (Å²) in [7, 11) is 2.05. The third-order valence-corrected chi connectivity index (χ3v) is 4.20. The fraction of sp³-hybridized carbons (Fsp3) is 0.500. The Morgan fingerprint density at radius 1 is 1.29 bits per heavy atom. The second-order valence-corrected chi connectivity index (χ2v) is 6.02. The molecule has 0 bridgehead atoms. The van der Waals surface area contributed by atoms with Gasteiger partial charge in [0, 0.05) is 44.2 Å². The van der Waals surface area contributed by atoms with Gasteiger partial charge in [-0.25, -0.2) is 0 Å². The zero-order valence-corrected chi connectivity index (χ0v) is 13.9. The number of benzene rings is 1. The summed E-state index contributed by atoms with van der Waals surface area (Å²) >= 11 is 0. The Balaban J connectivity index is 1.90. The molecule has 3 rings (SSSR count). The van der Waals surface area contributed by atoms with Crippen molar-refractivity contribution in [1.29, 1.82) is 0 Å². The van der Waals surface area contributed by atoms with Crippen molar-refractivity contribution in [3.63, 3.8) is 0 Å². The summed E-state index contributed by atoms with van der Waals surface area (Å²) in [5.41, 5.74) is 1.30. The molecule has 1 aliphatic heterocycles. The first-order valence-electron chi connectivity index (χ1n) is 8.13. The van der Waals surface area contributed by atoms with Crippen LogP contribution in [0.5, 0.6) is 0 Å². The predicted octanol–water partition coefficient (Wildman–Crippen LogP) is 2.35. The molecule has 128 valence electrons. The maximum Gasteiger partial charge on any atom is 0.293 e. The molecule has 0 aliphatic carbocycles. The highest BCUT2D eigenvalue weighted by molar-refractivity contribution is 5.71. The van der Waals surface area contributed by atoms with Gasteiger partial charge in [0.2, 0.25) is 0 Å². The highest BCUT2D eigenvalue weighted by Gasteiger charge is 2.24. The van der Waals surface area contributed by atoms with Crippen LogP contribution in [0.3, 0.4) is 0 Å². The highest BCUT2D eigenvalue weighted by Crippen LogP contribution is 2.33. The van der Waals surface area contributed by atoms with Crippen LogP contribution < -0.4 is 4.90 Å². The Labute approximate surface area is 140 Å². The van der Waals surface area contributed by atoms with Gasteiger partial charge in [0.25, 0.3) is 11.6 Å².